The summed E-state index contributed by atoms with van der Waals surface area (Å²) in [5.74, 6) is -3.59. The number of fused-ring (bicyclic) bond motifs is 5. The fourth-order valence-electron chi connectivity index (χ4n) is 7.31. The number of rotatable bonds is 2. The summed E-state index contributed by atoms with van der Waals surface area (Å²) in [6, 6.07) is 0. The molecule has 0 unspecified atom stereocenters. The molecule has 0 aliphatic heterocycles. The summed E-state index contributed by atoms with van der Waals surface area (Å²) >= 11 is 6.02. The number of halogens is 3. The molecular formula is C22H27ClF2O5. The van der Waals surface area contributed by atoms with Crippen LogP contribution in [0.5, 0.6) is 0 Å². The van der Waals surface area contributed by atoms with Crippen molar-refractivity contribution in [3.8, 4) is 0 Å². The van der Waals surface area contributed by atoms with Crippen molar-refractivity contribution < 1.29 is 33.7 Å². The van der Waals surface area contributed by atoms with Gasteiger partial charge in [0.15, 0.2) is 17.2 Å². The Hall–Kier alpha value is -1.15. The summed E-state index contributed by atoms with van der Waals surface area (Å²) in [6.07, 6.45) is -1.28. The van der Waals surface area contributed by atoms with Gasteiger partial charge in [0.25, 0.3) is 0 Å². The van der Waals surface area contributed by atoms with Gasteiger partial charge in [0.05, 0.1) is 11.1 Å². The van der Waals surface area contributed by atoms with Gasteiger partial charge in [-0.2, -0.15) is 0 Å². The van der Waals surface area contributed by atoms with Crippen LogP contribution < -0.4 is 0 Å². The topological polar surface area (TPSA) is 94.8 Å². The number of alkyl halides is 2. The lowest BCUT2D eigenvalue weighted by Crippen LogP contribution is -2.70. The van der Waals surface area contributed by atoms with E-state index in [4.69, 9.17) is 11.6 Å². The van der Waals surface area contributed by atoms with Gasteiger partial charge in [-0.05, 0) is 55.7 Å². The second-order valence-electron chi connectivity index (χ2n) is 9.96. The highest BCUT2D eigenvalue weighted by Gasteiger charge is 2.76. The molecule has 3 fully saturated rings. The van der Waals surface area contributed by atoms with E-state index in [2.05, 4.69) is 0 Å². The lowest BCUT2D eigenvalue weighted by molar-refractivity contribution is -0.223. The molecule has 3 N–H and O–H groups in total. The number of aliphatic hydroxyl groups excluding tert-OH is 2. The smallest absolute Gasteiger partial charge is 0.196 e. The normalized spacial score (nSPS) is 52.7. The van der Waals surface area contributed by atoms with Gasteiger partial charge in [0.2, 0.25) is 0 Å². The molecule has 4 aliphatic rings. The van der Waals surface area contributed by atoms with Crippen LogP contribution in [0.4, 0.5) is 8.78 Å². The summed E-state index contributed by atoms with van der Waals surface area (Å²) in [4.78, 5) is 24.6. The van der Waals surface area contributed by atoms with Crippen molar-refractivity contribution in [1.29, 1.82) is 0 Å². The predicted octanol–water partition coefficient (Wildman–Crippen LogP) is 2.41. The Morgan fingerprint density at radius 3 is 2.53 bits per heavy atom. The molecule has 0 amide bonds. The first-order chi connectivity index (χ1) is 13.8. The number of Topliss-reactive ketones (excluding diaryl/α,β-unsaturated/α-hetero) is 1. The lowest BCUT2D eigenvalue weighted by Gasteiger charge is -2.63. The molecule has 9 atom stereocenters. The number of aliphatic hydroxyl groups is 3. The van der Waals surface area contributed by atoms with E-state index >= 15 is 8.78 Å². The minimum atomic E-state index is -2.33. The third-order valence-corrected chi connectivity index (χ3v) is 9.13. The molecule has 4 aliphatic carbocycles. The standard InChI is InChI=1S/C22H27ClF2O5/c1-10-4-11-12-5-15(24)13-6-16(27)14(23)7-19(13,2)21(12,25)17(28)8-20(11,3)22(10,30)18(29)9-26/h6-7,10-12,15,17,26,28,30H,4-5,8-9H2,1-3H3/t10-,11-,12+,15+,17-,19+,20+,21+,22+/m1/s1. The number of hydrogen-bond donors (Lipinski definition) is 3. The first-order valence-corrected chi connectivity index (χ1v) is 10.7. The molecule has 0 aromatic heterocycles. The van der Waals surface area contributed by atoms with Crippen molar-refractivity contribution in [2.45, 2.75) is 63.6 Å². The Bertz CT molecular complexity index is 889. The Balaban J connectivity index is 1.89. The van der Waals surface area contributed by atoms with Crippen LogP contribution in [0.15, 0.2) is 22.8 Å². The number of allylic oxidation sites excluding steroid dienone is 4. The molecule has 30 heavy (non-hydrogen) atoms. The molecule has 0 aromatic carbocycles. The zero-order valence-corrected chi connectivity index (χ0v) is 17.9. The van der Waals surface area contributed by atoms with Crippen LogP contribution >= 0.6 is 11.6 Å². The molecule has 0 radical (unpaired) electrons. The Morgan fingerprint density at radius 2 is 1.93 bits per heavy atom. The van der Waals surface area contributed by atoms with E-state index in [0.29, 0.717) is 0 Å². The molecule has 0 bridgehead atoms. The lowest BCUT2D eigenvalue weighted by atomic mass is 9.44. The maximum absolute atomic E-state index is 17.0. The predicted molar refractivity (Wildman–Crippen MR) is 105 cm³/mol. The van der Waals surface area contributed by atoms with Crippen molar-refractivity contribution in [2.75, 3.05) is 6.61 Å². The second-order valence-corrected chi connectivity index (χ2v) is 10.4. The van der Waals surface area contributed by atoms with Gasteiger partial charge in [-0.3, -0.25) is 9.59 Å². The van der Waals surface area contributed by atoms with E-state index < -0.39 is 70.3 Å². The molecule has 0 saturated heterocycles. The maximum Gasteiger partial charge on any atom is 0.196 e. The molecule has 0 aromatic rings. The molecule has 5 nitrogen and oxygen atoms in total. The minimum Gasteiger partial charge on any atom is -0.390 e. The fourth-order valence-corrected chi connectivity index (χ4v) is 7.58. The van der Waals surface area contributed by atoms with Crippen molar-refractivity contribution in [3.05, 3.63) is 22.8 Å². The summed E-state index contributed by atoms with van der Waals surface area (Å²) in [5.41, 5.74) is -7.19. The number of hydrogen-bond acceptors (Lipinski definition) is 5. The Kier molecular flexibility index (Phi) is 4.73. The van der Waals surface area contributed by atoms with E-state index in [1.165, 1.54) is 13.0 Å². The van der Waals surface area contributed by atoms with E-state index in [0.717, 1.165) is 6.08 Å². The van der Waals surface area contributed by atoms with Crippen LogP contribution in [-0.4, -0.2) is 57.0 Å². The van der Waals surface area contributed by atoms with Crippen LogP contribution in [0, 0.1) is 28.6 Å². The quantitative estimate of drug-likeness (QED) is 0.608. The molecular weight excluding hydrogens is 418 g/mol. The van der Waals surface area contributed by atoms with Crippen LogP contribution in [0.25, 0.3) is 0 Å². The van der Waals surface area contributed by atoms with Crippen molar-refractivity contribution >= 4 is 23.2 Å². The molecule has 4 rings (SSSR count). The van der Waals surface area contributed by atoms with Crippen molar-refractivity contribution in [2.24, 2.45) is 28.6 Å². The van der Waals surface area contributed by atoms with Crippen molar-refractivity contribution in [1.82, 2.24) is 0 Å². The second kappa shape index (κ2) is 6.44. The Labute approximate surface area is 178 Å². The summed E-state index contributed by atoms with van der Waals surface area (Å²) in [6.45, 7) is 3.84. The summed E-state index contributed by atoms with van der Waals surface area (Å²) < 4.78 is 32.3. The van der Waals surface area contributed by atoms with Crippen LogP contribution in [0.1, 0.15) is 40.0 Å². The maximum atomic E-state index is 17.0. The van der Waals surface area contributed by atoms with Crippen LogP contribution in [0.3, 0.4) is 0 Å². The highest BCUT2D eigenvalue weighted by atomic mass is 35.5. The molecule has 0 spiro atoms. The average Bonchev–Trinajstić information content (AvgIpc) is 2.87. The molecule has 8 heteroatoms. The van der Waals surface area contributed by atoms with Gasteiger partial charge in [-0.25, -0.2) is 8.78 Å². The zero-order chi connectivity index (χ0) is 22.4. The number of carbonyl (C=O) groups is 2. The zero-order valence-electron chi connectivity index (χ0n) is 17.2. The van der Waals surface area contributed by atoms with Gasteiger partial charge in [0.1, 0.15) is 18.4 Å². The highest BCUT2D eigenvalue weighted by Crippen LogP contribution is 2.71. The van der Waals surface area contributed by atoms with E-state index in [-0.39, 0.29) is 29.9 Å². The largest absolute Gasteiger partial charge is 0.390 e. The van der Waals surface area contributed by atoms with E-state index in [9.17, 15) is 24.9 Å². The summed E-state index contributed by atoms with van der Waals surface area (Å²) in [5, 5.41) is 31.7. The first kappa shape index (κ1) is 22.1. The van der Waals surface area contributed by atoms with Gasteiger partial charge >= 0.3 is 0 Å². The van der Waals surface area contributed by atoms with Gasteiger partial charge in [0, 0.05) is 16.7 Å². The SMILES string of the molecule is C[C@@H]1C[C@@H]2[C@@H]3C[C@H](F)C4=CC(=O)C(Cl)=C[C@]4(C)[C@@]3(F)[C@H](O)C[C@]2(C)[C@@]1(O)C(=O)CO. The average molecular weight is 445 g/mol. The van der Waals surface area contributed by atoms with Crippen LogP contribution in [0.2, 0.25) is 0 Å². The van der Waals surface area contributed by atoms with Gasteiger partial charge < -0.3 is 15.3 Å². The van der Waals surface area contributed by atoms with Gasteiger partial charge in [-0.1, -0.05) is 25.4 Å². The number of ketones is 2. The Morgan fingerprint density at radius 1 is 1.30 bits per heavy atom. The molecule has 166 valence electrons. The number of carbonyl (C=O) groups excluding carboxylic acids is 2. The van der Waals surface area contributed by atoms with Gasteiger partial charge in [-0.15, -0.1) is 0 Å². The van der Waals surface area contributed by atoms with Crippen LogP contribution in [-0.2, 0) is 9.59 Å². The highest BCUT2D eigenvalue weighted by molar-refractivity contribution is 6.44. The van der Waals surface area contributed by atoms with E-state index in [1.54, 1.807) is 13.8 Å². The molecule has 3 saturated carbocycles. The molecule has 0 heterocycles. The van der Waals surface area contributed by atoms with Crippen molar-refractivity contribution in [3.63, 3.8) is 0 Å². The monoisotopic (exact) mass is 444 g/mol. The van der Waals surface area contributed by atoms with E-state index in [1.807, 2.05) is 0 Å². The third-order valence-electron chi connectivity index (χ3n) is 8.84. The minimum absolute atomic E-state index is 0.0361. The third kappa shape index (κ3) is 2.27. The first-order valence-electron chi connectivity index (χ1n) is 10.3. The summed E-state index contributed by atoms with van der Waals surface area (Å²) in [7, 11) is 0. The fraction of sp³-hybridized carbons (Fsp3) is 0.727.